The molecule has 0 radical (unpaired) electrons. The summed E-state index contributed by atoms with van der Waals surface area (Å²) in [6.45, 7) is 4.01. The van der Waals surface area contributed by atoms with Gasteiger partial charge in [0.15, 0.2) is 5.84 Å². The van der Waals surface area contributed by atoms with Crippen LogP contribution in [0.4, 0.5) is 0 Å². The van der Waals surface area contributed by atoms with Crippen LogP contribution < -0.4 is 0 Å². The third-order valence-electron chi connectivity index (χ3n) is 3.99. The van der Waals surface area contributed by atoms with Gasteiger partial charge in [0.1, 0.15) is 16.6 Å². The number of hydrazone groups is 1. The number of fused-ring (bicyclic) bond motifs is 1. The molecule has 3 heterocycles. The molecular formula is C19H15ClN4O2S. The molecule has 2 aromatic rings. The quantitative estimate of drug-likeness (QED) is 0.747. The molecule has 27 heavy (non-hydrogen) atoms. The number of furan rings is 1. The van der Waals surface area contributed by atoms with E-state index in [1.54, 1.807) is 24.3 Å². The Morgan fingerprint density at radius 3 is 2.85 bits per heavy atom. The summed E-state index contributed by atoms with van der Waals surface area (Å²) in [7, 11) is 0. The van der Waals surface area contributed by atoms with Crippen molar-refractivity contribution in [1.82, 2.24) is 5.01 Å². The minimum Gasteiger partial charge on any atom is -0.457 e. The van der Waals surface area contributed by atoms with Crippen molar-refractivity contribution in [3.8, 4) is 11.3 Å². The Labute approximate surface area is 165 Å². The SMILES string of the molecule is CC(C)C1=NN2C(=N)/C(=C/c3ccc(-c4cccc(Cl)c4)o3)C(=O)N=C2S1. The molecule has 1 aromatic heterocycles. The summed E-state index contributed by atoms with van der Waals surface area (Å²) in [5, 5.41) is 16.0. The van der Waals surface area contributed by atoms with E-state index in [1.807, 2.05) is 26.0 Å². The summed E-state index contributed by atoms with van der Waals surface area (Å²) >= 11 is 7.34. The molecule has 6 nitrogen and oxygen atoms in total. The van der Waals surface area contributed by atoms with Crippen molar-refractivity contribution in [2.75, 3.05) is 0 Å². The zero-order valence-corrected chi connectivity index (χ0v) is 16.1. The van der Waals surface area contributed by atoms with Gasteiger partial charge >= 0.3 is 0 Å². The molecule has 1 N–H and O–H groups in total. The molecule has 0 aliphatic carbocycles. The molecule has 0 saturated carbocycles. The van der Waals surface area contributed by atoms with Gasteiger partial charge in [-0.25, -0.2) is 0 Å². The first-order valence-corrected chi connectivity index (χ1v) is 9.47. The number of carbonyl (C=O) groups is 1. The van der Waals surface area contributed by atoms with Gasteiger partial charge in [-0.2, -0.15) is 15.1 Å². The highest BCUT2D eigenvalue weighted by molar-refractivity contribution is 8.27. The average molecular weight is 399 g/mol. The minimum atomic E-state index is -0.473. The van der Waals surface area contributed by atoms with E-state index in [-0.39, 0.29) is 17.3 Å². The maximum Gasteiger partial charge on any atom is 0.283 e. The van der Waals surface area contributed by atoms with Crippen LogP contribution in [-0.2, 0) is 4.79 Å². The van der Waals surface area contributed by atoms with Crippen molar-refractivity contribution >= 4 is 51.4 Å². The normalized spacial score (nSPS) is 18.2. The van der Waals surface area contributed by atoms with Crippen molar-refractivity contribution < 1.29 is 9.21 Å². The molecule has 1 aromatic carbocycles. The molecule has 2 aliphatic rings. The zero-order chi connectivity index (χ0) is 19.1. The van der Waals surface area contributed by atoms with Gasteiger partial charge in [0.05, 0.1) is 5.57 Å². The third-order valence-corrected chi connectivity index (χ3v) is 5.43. The molecule has 1 amide bonds. The van der Waals surface area contributed by atoms with Crippen LogP contribution >= 0.6 is 23.4 Å². The van der Waals surface area contributed by atoms with Crippen LogP contribution in [0, 0.1) is 11.3 Å². The summed E-state index contributed by atoms with van der Waals surface area (Å²) in [5.41, 5.74) is 0.972. The number of amidine groups is 2. The van der Waals surface area contributed by atoms with Gasteiger partial charge in [-0.05, 0) is 42.1 Å². The standard InChI is InChI=1S/C19H15ClN4O2S/c1-10(2)18-23-24-16(21)14(17(25)22-19(24)27-18)9-13-6-7-15(26-13)11-4-3-5-12(20)8-11/h3-10,21H,1-2H3/b14-9-,21-16?. The lowest BCUT2D eigenvalue weighted by molar-refractivity contribution is -0.114. The van der Waals surface area contributed by atoms with Crippen molar-refractivity contribution in [3.63, 3.8) is 0 Å². The largest absolute Gasteiger partial charge is 0.457 e. The highest BCUT2D eigenvalue weighted by Crippen LogP contribution is 2.31. The third kappa shape index (κ3) is 3.36. The molecule has 0 saturated heterocycles. The van der Waals surface area contributed by atoms with Crippen LogP contribution in [0.3, 0.4) is 0 Å². The highest BCUT2D eigenvalue weighted by atomic mass is 35.5. The van der Waals surface area contributed by atoms with E-state index < -0.39 is 5.91 Å². The Kier molecular flexibility index (Phi) is 4.49. The lowest BCUT2D eigenvalue weighted by Gasteiger charge is -2.19. The highest BCUT2D eigenvalue weighted by Gasteiger charge is 2.36. The lowest BCUT2D eigenvalue weighted by Crippen LogP contribution is -2.35. The molecule has 8 heteroatoms. The second kappa shape index (κ2) is 6.83. The van der Waals surface area contributed by atoms with E-state index in [4.69, 9.17) is 21.4 Å². The maximum atomic E-state index is 12.4. The summed E-state index contributed by atoms with van der Waals surface area (Å²) in [6.07, 6.45) is 1.52. The zero-order valence-electron chi connectivity index (χ0n) is 14.6. The summed E-state index contributed by atoms with van der Waals surface area (Å²) < 4.78 is 5.80. The number of hydrogen-bond donors (Lipinski definition) is 1. The smallest absolute Gasteiger partial charge is 0.283 e. The molecule has 0 unspecified atom stereocenters. The molecular weight excluding hydrogens is 384 g/mol. The molecule has 2 aliphatic heterocycles. The molecule has 0 spiro atoms. The lowest BCUT2D eigenvalue weighted by atomic mass is 10.1. The van der Waals surface area contributed by atoms with Crippen LogP contribution in [-0.4, -0.2) is 27.0 Å². The summed E-state index contributed by atoms with van der Waals surface area (Å²) in [6, 6.07) is 10.8. The average Bonchev–Trinajstić information content (AvgIpc) is 3.26. The maximum absolute atomic E-state index is 12.4. The van der Waals surface area contributed by atoms with E-state index in [0.717, 1.165) is 10.6 Å². The topological polar surface area (TPSA) is 82.0 Å². The number of carbonyl (C=O) groups excluding carboxylic acids is 1. The fourth-order valence-corrected chi connectivity index (χ4v) is 3.69. The number of benzene rings is 1. The van der Waals surface area contributed by atoms with E-state index >= 15 is 0 Å². The summed E-state index contributed by atoms with van der Waals surface area (Å²) in [4.78, 5) is 16.5. The first-order chi connectivity index (χ1) is 12.9. The predicted octanol–water partition coefficient (Wildman–Crippen LogP) is 4.88. The molecule has 0 fully saturated rings. The van der Waals surface area contributed by atoms with Crippen molar-refractivity contribution in [2.24, 2.45) is 16.0 Å². The first kappa shape index (κ1) is 17.8. The Bertz CT molecular complexity index is 1050. The van der Waals surface area contributed by atoms with Crippen LogP contribution in [0.2, 0.25) is 5.02 Å². The Morgan fingerprint density at radius 1 is 1.30 bits per heavy atom. The number of nitrogens with zero attached hydrogens (tertiary/aromatic N) is 3. The Hall–Kier alpha value is -2.64. The monoisotopic (exact) mass is 398 g/mol. The number of amides is 1. The van der Waals surface area contributed by atoms with Gasteiger partial charge in [0.2, 0.25) is 5.17 Å². The Balaban J connectivity index is 1.65. The number of halogens is 1. The molecule has 136 valence electrons. The van der Waals surface area contributed by atoms with E-state index in [1.165, 1.54) is 22.8 Å². The molecule has 0 bridgehead atoms. The first-order valence-electron chi connectivity index (χ1n) is 8.28. The van der Waals surface area contributed by atoms with Gasteiger partial charge in [-0.3, -0.25) is 10.2 Å². The summed E-state index contributed by atoms with van der Waals surface area (Å²) in [5.74, 6) is 0.800. The van der Waals surface area contributed by atoms with E-state index in [0.29, 0.717) is 21.7 Å². The fraction of sp³-hybridized carbons (Fsp3) is 0.158. The van der Waals surface area contributed by atoms with Gasteiger partial charge in [0, 0.05) is 16.5 Å². The second-order valence-electron chi connectivity index (χ2n) is 6.33. The fourth-order valence-electron chi connectivity index (χ4n) is 2.61. The Morgan fingerprint density at radius 2 is 2.11 bits per heavy atom. The van der Waals surface area contributed by atoms with Gasteiger partial charge in [-0.15, -0.1) is 0 Å². The molecule has 4 rings (SSSR count). The van der Waals surface area contributed by atoms with Crippen LogP contribution in [0.5, 0.6) is 0 Å². The second-order valence-corrected chi connectivity index (χ2v) is 7.75. The van der Waals surface area contributed by atoms with Crippen molar-refractivity contribution in [3.05, 3.63) is 52.8 Å². The number of rotatable bonds is 3. The minimum absolute atomic E-state index is 0.00569. The van der Waals surface area contributed by atoms with Gasteiger partial charge in [-0.1, -0.05) is 37.6 Å². The number of hydrogen-bond acceptors (Lipinski definition) is 5. The van der Waals surface area contributed by atoms with Gasteiger partial charge < -0.3 is 4.42 Å². The number of aliphatic imine (C=N–C) groups is 1. The van der Waals surface area contributed by atoms with Crippen LogP contribution in [0.25, 0.3) is 17.4 Å². The predicted molar refractivity (Wildman–Crippen MR) is 109 cm³/mol. The van der Waals surface area contributed by atoms with Crippen molar-refractivity contribution in [1.29, 1.82) is 5.41 Å². The van der Waals surface area contributed by atoms with Crippen LogP contribution in [0.1, 0.15) is 19.6 Å². The van der Waals surface area contributed by atoms with Crippen molar-refractivity contribution in [2.45, 2.75) is 13.8 Å². The van der Waals surface area contributed by atoms with E-state index in [9.17, 15) is 4.79 Å². The molecule has 0 atom stereocenters. The number of nitrogens with one attached hydrogen (secondary N) is 1. The van der Waals surface area contributed by atoms with Gasteiger partial charge in [0.25, 0.3) is 5.91 Å². The van der Waals surface area contributed by atoms with Crippen LogP contribution in [0.15, 0.2) is 56.5 Å². The number of thioether (sulfide) groups is 1. The van der Waals surface area contributed by atoms with E-state index in [2.05, 4.69) is 10.1 Å².